The molecule has 1 heterocycles. The SMILES string of the molecule is COC(CN)CC(=O)N1CCCC1c1ccccc1Cl. The minimum Gasteiger partial charge on any atom is -0.380 e. The molecular weight excluding hydrogens is 276 g/mol. The molecule has 1 fully saturated rings. The number of carbonyl (C=O) groups excluding carboxylic acids is 1. The number of hydrogen-bond donors (Lipinski definition) is 1. The van der Waals surface area contributed by atoms with E-state index in [0.717, 1.165) is 30.0 Å². The number of nitrogens with two attached hydrogens (primary N) is 1. The number of halogens is 1. The number of rotatable bonds is 5. The molecule has 1 aliphatic heterocycles. The molecule has 0 aliphatic carbocycles. The molecule has 110 valence electrons. The summed E-state index contributed by atoms with van der Waals surface area (Å²) in [6.45, 7) is 1.13. The Hall–Kier alpha value is -1.10. The largest absolute Gasteiger partial charge is 0.380 e. The highest BCUT2D eigenvalue weighted by atomic mass is 35.5. The van der Waals surface area contributed by atoms with Crippen LogP contribution >= 0.6 is 11.6 Å². The highest BCUT2D eigenvalue weighted by molar-refractivity contribution is 6.31. The van der Waals surface area contributed by atoms with Gasteiger partial charge in [-0.05, 0) is 24.5 Å². The summed E-state index contributed by atoms with van der Waals surface area (Å²) < 4.78 is 5.20. The lowest BCUT2D eigenvalue weighted by atomic mass is 10.0. The highest BCUT2D eigenvalue weighted by Gasteiger charge is 2.31. The van der Waals surface area contributed by atoms with Crippen molar-refractivity contribution >= 4 is 17.5 Å². The van der Waals surface area contributed by atoms with E-state index in [1.165, 1.54) is 0 Å². The lowest BCUT2D eigenvalue weighted by Gasteiger charge is -2.27. The van der Waals surface area contributed by atoms with Crippen molar-refractivity contribution in [3.63, 3.8) is 0 Å². The lowest BCUT2D eigenvalue weighted by molar-refractivity contribution is -0.134. The van der Waals surface area contributed by atoms with Crippen LogP contribution in [0.4, 0.5) is 0 Å². The molecule has 0 spiro atoms. The standard InChI is InChI=1S/C15H21ClN2O2/c1-20-11(10-17)9-15(19)18-8-4-7-14(18)12-5-2-3-6-13(12)16/h2-3,5-6,11,14H,4,7-10,17H2,1H3. The van der Waals surface area contributed by atoms with Crippen LogP contribution in [0.5, 0.6) is 0 Å². The lowest BCUT2D eigenvalue weighted by Crippen LogP contribution is -2.35. The fourth-order valence-electron chi connectivity index (χ4n) is 2.71. The number of amides is 1. The van der Waals surface area contributed by atoms with Crippen molar-refractivity contribution in [1.82, 2.24) is 4.90 Å². The fourth-order valence-corrected chi connectivity index (χ4v) is 2.97. The highest BCUT2D eigenvalue weighted by Crippen LogP contribution is 2.36. The third-order valence-corrected chi connectivity index (χ3v) is 4.18. The van der Waals surface area contributed by atoms with Gasteiger partial charge in [-0.15, -0.1) is 0 Å². The van der Waals surface area contributed by atoms with Crippen LogP contribution < -0.4 is 5.73 Å². The van der Waals surface area contributed by atoms with Crippen LogP contribution in [0, 0.1) is 0 Å². The van der Waals surface area contributed by atoms with Crippen LogP contribution in [-0.4, -0.2) is 37.1 Å². The molecule has 1 aromatic rings. The Kier molecular flexibility index (Phi) is 5.40. The first kappa shape index (κ1) is 15.3. The van der Waals surface area contributed by atoms with Crippen LogP contribution in [0.25, 0.3) is 0 Å². The molecule has 4 nitrogen and oxygen atoms in total. The smallest absolute Gasteiger partial charge is 0.225 e. The summed E-state index contributed by atoms with van der Waals surface area (Å²) in [6.07, 6.45) is 2.07. The second-order valence-electron chi connectivity index (χ2n) is 5.06. The fraction of sp³-hybridized carbons (Fsp3) is 0.533. The Morgan fingerprint density at radius 3 is 2.95 bits per heavy atom. The van der Waals surface area contributed by atoms with Crippen molar-refractivity contribution in [3.8, 4) is 0 Å². The first-order chi connectivity index (χ1) is 9.67. The summed E-state index contributed by atoms with van der Waals surface area (Å²) in [6, 6.07) is 7.81. The van der Waals surface area contributed by atoms with Gasteiger partial charge < -0.3 is 15.4 Å². The first-order valence-corrected chi connectivity index (χ1v) is 7.32. The zero-order chi connectivity index (χ0) is 14.5. The predicted octanol–water partition coefficient (Wildman–Crippen LogP) is 2.37. The summed E-state index contributed by atoms with van der Waals surface area (Å²) in [5.41, 5.74) is 6.61. The molecule has 2 rings (SSSR count). The van der Waals surface area contributed by atoms with Crippen molar-refractivity contribution in [2.45, 2.75) is 31.4 Å². The summed E-state index contributed by atoms with van der Waals surface area (Å²) in [7, 11) is 1.58. The van der Waals surface area contributed by atoms with Gasteiger partial charge in [-0.1, -0.05) is 29.8 Å². The van der Waals surface area contributed by atoms with Gasteiger partial charge in [0, 0.05) is 25.2 Å². The first-order valence-electron chi connectivity index (χ1n) is 6.94. The number of carbonyl (C=O) groups is 1. The van der Waals surface area contributed by atoms with Crippen LogP contribution in [0.1, 0.15) is 30.9 Å². The number of likely N-dealkylation sites (tertiary alicyclic amines) is 1. The van der Waals surface area contributed by atoms with E-state index < -0.39 is 0 Å². The zero-order valence-corrected chi connectivity index (χ0v) is 12.5. The third kappa shape index (κ3) is 3.32. The van der Waals surface area contributed by atoms with Crippen molar-refractivity contribution < 1.29 is 9.53 Å². The summed E-state index contributed by atoms with van der Waals surface area (Å²) in [5, 5.41) is 0.722. The maximum Gasteiger partial charge on any atom is 0.225 e. The van der Waals surface area contributed by atoms with Crippen LogP contribution in [0.15, 0.2) is 24.3 Å². The van der Waals surface area contributed by atoms with Gasteiger partial charge in [-0.2, -0.15) is 0 Å². The molecule has 5 heteroatoms. The molecule has 0 aromatic heterocycles. The van der Waals surface area contributed by atoms with E-state index in [9.17, 15) is 4.79 Å². The molecule has 20 heavy (non-hydrogen) atoms. The maximum atomic E-state index is 12.4. The van der Waals surface area contributed by atoms with Gasteiger partial charge in [0.05, 0.1) is 18.6 Å². The van der Waals surface area contributed by atoms with Crippen LogP contribution in [0.3, 0.4) is 0 Å². The van der Waals surface area contributed by atoms with Crippen molar-refractivity contribution in [3.05, 3.63) is 34.9 Å². The maximum absolute atomic E-state index is 12.4. The van der Waals surface area contributed by atoms with Crippen molar-refractivity contribution in [1.29, 1.82) is 0 Å². The Morgan fingerprint density at radius 1 is 1.55 bits per heavy atom. The average Bonchev–Trinajstić information content (AvgIpc) is 2.94. The molecular formula is C15H21ClN2O2. The van der Waals surface area contributed by atoms with E-state index >= 15 is 0 Å². The van der Waals surface area contributed by atoms with Gasteiger partial charge in [-0.25, -0.2) is 0 Å². The molecule has 2 unspecified atom stereocenters. The van der Waals surface area contributed by atoms with Gasteiger partial charge in [-0.3, -0.25) is 4.79 Å². The number of benzene rings is 1. The molecule has 2 N–H and O–H groups in total. The molecule has 1 aliphatic rings. The predicted molar refractivity (Wildman–Crippen MR) is 79.6 cm³/mol. The molecule has 2 atom stereocenters. The van der Waals surface area contributed by atoms with E-state index in [4.69, 9.17) is 22.1 Å². The van der Waals surface area contributed by atoms with Crippen LogP contribution in [-0.2, 0) is 9.53 Å². The number of ether oxygens (including phenoxy) is 1. The van der Waals surface area contributed by atoms with E-state index in [-0.39, 0.29) is 18.1 Å². The van der Waals surface area contributed by atoms with Gasteiger partial charge in [0.1, 0.15) is 0 Å². The Bertz CT molecular complexity index is 463. The molecule has 1 aromatic carbocycles. The van der Waals surface area contributed by atoms with E-state index in [0.29, 0.717) is 13.0 Å². The van der Waals surface area contributed by atoms with Gasteiger partial charge >= 0.3 is 0 Å². The quantitative estimate of drug-likeness (QED) is 0.907. The van der Waals surface area contributed by atoms with E-state index in [1.807, 2.05) is 29.2 Å². The van der Waals surface area contributed by atoms with E-state index in [1.54, 1.807) is 7.11 Å². The number of hydrogen-bond acceptors (Lipinski definition) is 3. The van der Waals surface area contributed by atoms with Crippen LogP contribution in [0.2, 0.25) is 5.02 Å². The van der Waals surface area contributed by atoms with E-state index in [2.05, 4.69) is 0 Å². The second kappa shape index (κ2) is 7.07. The zero-order valence-electron chi connectivity index (χ0n) is 11.7. The molecule has 1 saturated heterocycles. The summed E-state index contributed by atoms with van der Waals surface area (Å²) in [5.74, 6) is 0.0877. The van der Waals surface area contributed by atoms with Gasteiger partial charge in [0.25, 0.3) is 0 Å². The summed E-state index contributed by atoms with van der Waals surface area (Å²) in [4.78, 5) is 14.3. The van der Waals surface area contributed by atoms with Gasteiger partial charge in [0.2, 0.25) is 5.91 Å². The Labute approximate surface area is 124 Å². The minimum atomic E-state index is -0.213. The third-order valence-electron chi connectivity index (χ3n) is 3.84. The molecule has 1 amide bonds. The van der Waals surface area contributed by atoms with Gasteiger partial charge in [0.15, 0.2) is 0 Å². The van der Waals surface area contributed by atoms with Crippen molar-refractivity contribution in [2.75, 3.05) is 20.2 Å². The summed E-state index contributed by atoms with van der Waals surface area (Å²) >= 11 is 6.25. The number of nitrogens with zero attached hydrogens (tertiary/aromatic N) is 1. The molecule has 0 radical (unpaired) electrons. The second-order valence-corrected chi connectivity index (χ2v) is 5.47. The Balaban J connectivity index is 2.11. The monoisotopic (exact) mass is 296 g/mol. The van der Waals surface area contributed by atoms with Crippen molar-refractivity contribution in [2.24, 2.45) is 5.73 Å². The minimum absolute atomic E-state index is 0.0754. The molecule has 0 bridgehead atoms. The number of methoxy groups -OCH3 is 1. The molecule has 0 saturated carbocycles. The normalized spacial score (nSPS) is 20.1. The average molecular weight is 297 g/mol. The Morgan fingerprint density at radius 2 is 2.30 bits per heavy atom. The topological polar surface area (TPSA) is 55.6 Å².